The van der Waals surface area contributed by atoms with Crippen LogP contribution in [0.3, 0.4) is 0 Å². The summed E-state index contributed by atoms with van der Waals surface area (Å²) in [4.78, 5) is 19.3. The molecule has 0 radical (unpaired) electrons. The highest BCUT2D eigenvalue weighted by Crippen LogP contribution is 2.34. The van der Waals surface area contributed by atoms with E-state index >= 15 is 0 Å². The topological polar surface area (TPSA) is 85.2 Å². The quantitative estimate of drug-likeness (QED) is 0.899. The lowest BCUT2D eigenvalue weighted by atomic mass is 9.73. The van der Waals surface area contributed by atoms with Crippen LogP contribution in [0.25, 0.3) is 0 Å². The summed E-state index contributed by atoms with van der Waals surface area (Å²) in [5.74, 6) is 2.00. The van der Waals surface area contributed by atoms with Crippen LogP contribution in [0.5, 0.6) is 0 Å². The molecule has 2 fully saturated rings. The predicted octanol–water partition coefficient (Wildman–Crippen LogP) is 2.49. The van der Waals surface area contributed by atoms with Crippen LogP contribution in [0.2, 0.25) is 0 Å². The van der Waals surface area contributed by atoms with Gasteiger partial charge in [0.25, 0.3) is 0 Å². The smallest absolute Gasteiger partial charge is 0.227 e. The van der Waals surface area contributed by atoms with Gasteiger partial charge in [0.05, 0.1) is 5.92 Å². The highest BCUT2D eigenvalue weighted by atomic mass is 35.5. The zero-order valence-electron chi connectivity index (χ0n) is 14.7. The number of rotatable bonds is 3. The minimum Gasteiger partial charge on any atom is -0.342 e. The Morgan fingerprint density at radius 2 is 2.17 bits per heavy atom. The first kappa shape index (κ1) is 19.2. The number of piperidine rings is 1. The van der Waals surface area contributed by atoms with Crippen LogP contribution in [-0.2, 0) is 11.2 Å². The second-order valence-electron chi connectivity index (χ2n) is 7.53. The van der Waals surface area contributed by atoms with E-state index in [9.17, 15) is 4.79 Å². The van der Waals surface area contributed by atoms with Crippen molar-refractivity contribution in [2.75, 3.05) is 13.1 Å². The van der Waals surface area contributed by atoms with E-state index in [1.54, 1.807) is 6.92 Å². The number of nitrogens with zero attached hydrogens (tertiary/aromatic N) is 3. The van der Waals surface area contributed by atoms with E-state index in [1.165, 1.54) is 0 Å². The SMILES string of the molecule is Cc1nc(CC2CCCN(C(=O)C3CCCCC3(C)N)C2)no1.Cl. The van der Waals surface area contributed by atoms with E-state index in [4.69, 9.17) is 10.3 Å². The van der Waals surface area contributed by atoms with Crippen LogP contribution >= 0.6 is 12.4 Å². The molecule has 3 rings (SSSR count). The van der Waals surface area contributed by atoms with E-state index in [1.807, 2.05) is 11.8 Å². The molecule has 136 valence electrons. The number of hydrogen-bond donors (Lipinski definition) is 1. The molecule has 1 aliphatic heterocycles. The fraction of sp³-hybridized carbons (Fsp3) is 0.824. The van der Waals surface area contributed by atoms with E-state index in [2.05, 4.69) is 10.1 Å². The predicted molar refractivity (Wildman–Crippen MR) is 93.8 cm³/mol. The Balaban J connectivity index is 0.00000208. The van der Waals surface area contributed by atoms with Crippen LogP contribution in [0.4, 0.5) is 0 Å². The Bertz CT molecular complexity index is 561. The summed E-state index contributed by atoms with van der Waals surface area (Å²) in [5, 5.41) is 3.98. The van der Waals surface area contributed by atoms with Gasteiger partial charge < -0.3 is 15.2 Å². The third kappa shape index (κ3) is 4.28. The molecule has 2 aliphatic rings. The van der Waals surface area contributed by atoms with Crippen molar-refractivity contribution in [1.29, 1.82) is 0 Å². The van der Waals surface area contributed by atoms with Crippen molar-refractivity contribution in [3.05, 3.63) is 11.7 Å². The Hall–Kier alpha value is -1.14. The number of aromatic nitrogens is 2. The number of halogens is 1. The van der Waals surface area contributed by atoms with Crippen molar-refractivity contribution < 1.29 is 9.32 Å². The molecule has 3 unspecified atom stereocenters. The zero-order chi connectivity index (χ0) is 16.4. The molecular weight excluding hydrogens is 328 g/mol. The Labute approximate surface area is 149 Å². The minimum absolute atomic E-state index is 0. The molecule has 0 spiro atoms. The first-order valence-electron chi connectivity index (χ1n) is 8.82. The summed E-state index contributed by atoms with van der Waals surface area (Å²) in [6, 6.07) is 0. The van der Waals surface area contributed by atoms with Gasteiger partial charge in [0.2, 0.25) is 11.8 Å². The summed E-state index contributed by atoms with van der Waals surface area (Å²) in [5.41, 5.74) is 6.06. The molecule has 7 heteroatoms. The van der Waals surface area contributed by atoms with Crippen LogP contribution in [-0.4, -0.2) is 39.6 Å². The first-order chi connectivity index (χ1) is 11.0. The van der Waals surface area contributed by atoms with Crippen molar-refractivity contribution in [3.8, 4) is 0 Å². The van der Waals surface area contributed by atoms with Gasteiger partial charge in [-0.15, -0.1) is 12.4 Å². The van der Waals surface area contributed by atoms with Gasteiger partial charge >= 0.3 is 0 Å². The fourth-order valence-corrected chi connectivity index (χ4v) is 4.10. The molecule has 3 atom stereocenters. The van der Waals surface area contributed by atoms with Gasteiger partial charge in [-0.2, -0.15) is 4.98 Å². The molecule has 0 bridgehead atoms. The number of amides is 1. The molecule has 1 aliphatic carbocycles. The van der Waals surface area contributed by atoms with Crippen LogP contribution < -0.4 is 5.73 Å². The van der Waals surface area contributed by atoms with Crippen molar-refractivity contribution >= 4 is 18.3 Å². The molecule has 1 amide bonds. The highest BCUT2D eigenvalue weighted by Gasteiger charge is 2.40. The number of likely N-dealkylation sites (tertiary alicyclic amines) is 1. The van der Waals surface area contributed by atoms with Crippen LogP contribution in [0, 0.1) is 18.8 Å². The maximum Gasteiger partial charge on any atom is 0.227 e. The third-order valence-electron chi connectivity index (χ3n) is 5.42. The minimum atomic E-state index is -0.354. The molecule has 1 saturated heterocycles. The largest absolute Gasteiger partial charge is 0.342 e. The maximum atomic E-state index is 13.0. The number of carbonyl (C=O) groups excluding carboxylic acids is 1. The molecule has 1 saturated carbocycles. The van der Waals surface area contributed by atoms with Crippen molar-refractivity contribution in [2.24, 2.45) is 17.6 Å². The molecular formula is C17H29ClN4O2. The Morgan fingerprint density at radius 3 is 2.83 bits per heavy atom. The third-order valence-corrected chi connectivity index (χ3v) is 5.42. The lowest BCUT2D eigenvalue weighted by Gasteiger charge is -2.42. The molecule has 1 aromatic heterocycles. The average molecular weight is 357 g/mol. The summed E-state index contributed by atoms with van der Waals surface area (Å²) in [6.07, 6.45) is 7.06. The zero-order valence-corrected chi connectivity index (χ0v) is 15.5. The molecule has 1 aromatic rings. The van der Waals surface area contributed by atoms with E-state index in [0.29, 0.717) is 11.8 Å². The fourth-order valence-electron chi connectivity index (χ4n) is 4.10. The van der Waals surface area contributed by atoms with E-state index in [-0.39, 0.29) is 29.8 Å². The summed E-state index contributed by atoms with van der Waals surface area (Å²) < 4.78 is 5.04. The van der Waals surface area contributed by atoms with Gasteiger partial charge in [0.15, 0.2) is 5.82 Å². The van der Waals surface area contributed by atoms with Crippen LogP contribution in [0.1, 0.15) is 57.2 Å². The van der Waals surface area contributed by atoms with Gasteiger partial charge in [-0.25, -0.2) is 0 Å². The normalized spacial score (nSPS) is 30.7. The molecule has 2 N–H and O–H groups in total. The number of nitrogens with two attached hydrogens (primary N) is 1. The van der Waals surface area contributed by atoms with Gasteiger partial charge in [-0.1, -0.05) is 18.0 Å². The lowest BCUT2D eigenvalue weighted by Crippen LogP contribution is -2.55. The second kappa shape index (κ2) is 7.83. The Kier molecular flexibility index (Phi) is 6.26. The number of aryl methyl sites for hydroxylation is 1. The van der Waals surface area contributed by atoms with Crippen molar-refractivity contribution in [1.82, 2.24) is 15.0 Å². The van der Waals surface area contributed by atoms with Crippen molar-refractivity contribution in [2.45, 2.75) is 64.3 Å². The number of carbonyl (C=O) groups is 1. The van der Waals surface area contributed by atoms with E-state index < -0.39 is 0 Å². The monoisotopic (exact) mass is 356 g/mol. The molecule has 2 heterocycles. The maximum absolute atomic E-state index is 13.0. The molecule has 24 heavy (non-hydrogen) atoms. The molecule has 6 nitrogen and oxygen atoms in total. The van der Waals surface area contributed by atoms with E-state index in [0.717, 1.165) is 63.9 Å². The first-order valence-corrected chi connectivity index (χ1v) is 8.82. The summed E-state index contributed by atoms with van der Waals surface area (Å²) in [7, 11) is 0. The number of hydrogen-bond acceptors (Lipinski definition) is 5. The standard InChI is InChI=1S/C17H28N4O2.ClH/c1-12-19-15(20-23-12)10-13-6-5-9-21(11-13)16(22)14-7-3-4-8-17(14,2)18;/h13-14H,3-11,18H2,1-2H3;1H. The van der Waals surface area contributed by atoms with Crippen molar-refractivity contribution in [3.63, 3.8) is 0 Å². The van der Waals surface area contributed by atoms with Gasteiger partial charge in [-0.3, -0.25) is 4.79 Å². The van der Waals surface area contributed by atoms with Gasteiger partial charge in [-0.05, 0) is 38.5 Å². The highest BCUT2D eigenvalue weighted by molar-refractivity contribution is 5.85. The average Bonchev–Trinajstić information content (AvgIpc) is 2.91. The lowest BCUT2D eigenvalue weighted by molar-refractivity contribution is -0.140. The molecule has 0 aromatic carbocycles. The van der Waals surface area contributed by atoms with Gasteiger partial charge in [0, 0.05) is 32.0 Å². The van der Waals surface area contributed by atoms with Gasteiger partial charge in [0.1, 0.15) is 0 Å². The summed E-state index contributed by atoms with van der Waals surface area (Å²) in [6.45, 7) is 5.49. The van der Waals surface area contributed by atoms with Crippen LogP contribution in [0.15, 0.2) is 4.52 Å². The Morgan fingerprint density at radius 1 is 1.38 bits per heavy atom. The second-order valence-corrected chi connectivity index (χ2v) is 7.53. The summed E-state index contributed by atoms with van der Waals surface area (Å²) >= 11 is 0.